The normalized spacial score (nSPS) is 10.7. The third-order valence-electron chi connectivity index (χ3n) is 3.66. The number of rotatable bonds is 4. The molecule has 0 fully saturated rings. The number of aryl methyl sites for hydroxylation is 1. The van der Waals surface area contributed by atoms with Crippen molar-refractivity contribution >= 4 is 0 Å². The third-order valence-corrected chi connectivity index (χ3v) is 3.66. The largest absolute Gasteiger partial charge is 0.295 e. The lowest BCUT2D eigenvalue weighted by molar-refractivity contribution is 0.819. The van der Waals surface area contributed by atoms with Crippen molar-refractivity contribution in [2.45, 2.75) is 19.8 Å². The number of benzene rings is 2. The van der Waals surface area contributed by atoms with Gasteiger partial charge in [0.15, 0.2) is 0 Å². The third kappa shape index (κ3) is 2.68. The molecule has 0 spiro atoms. The molecule has 2 aromatic carbocycles. The summed E-state index contributed by atoms with van der Waals surface area (Å²) in [5.74, 6) is 0. The highest BCUT2D eigenvalue weighted by Gasteiger charge is 2.14. The van der Waals surface area contributed by atoms with Crippen LogP contribution in [0.3, 0.4) is 0 Å². The summed E-state index contributed by atoms with van der Waals surface area (Å²) in [5, 5.41) is 3.24. The van der Waals surface area contributed by atoms with E-state index < -0.39 is 0 Å². The first-order valence-electron chi connectivity index (χ1n) is 7.21. The molecule has 1 N–H and O–H groups in total. The van der Waals surface area contributed by atoms with Crippen LogP contribution >= 0.6 is 0 Å². The van der Waals surface area contributed by atoms with E-state index in [2.05, 4.69) is 24.2 Å². The van der Waals surface area contributed by atoms with Gasteiger partial charge >= 0.3 is 0 Å². The molecule has 0 aliphatic carbocycles. The maximum absolute atomic E-state index is 12.7. The molecular formula is C18H18N2O. The van der Waals surface area contributed by atoms with Gasteiger partial charge < -0.3 is 0 Å². The van der Waals surface area contributed by atoms with Crippen LogP contribution in [0.4, 0.5) is 0 Å². The van der Waals surface area contributed by atoms with Gasteiger partial charge in [0.1, 0.15) is 0 Å². The van der Waals surface area contributed by atoms with E-state index in [0.29, 0.717) is 6.42 Å². The van der Waals surface area contributed by atoms with Gasteiger partial charge in [-0.3, -0.25) is 9.89 Å². The number of hydrogen-bond donors (Lipinski definition) is 1. The van der Waals surface area contributed by atoms with Crippen molar-refractivity contribution in [1.82, 2.24) is 9.78 Å². The second-order valence-corrected chi connectivity index (χ2v) is 5.06. The lowest BCUT2D eigenvalue weighted by atomic mass is 10.0. The molecule has 3 rings (SSSR count). The molecule has 0 amide bonds. The summed E-state index contributed by atoms with van der Waals surface area (Å²) in [7, 11) is 0. The lowest BCUT2D eigenvalue weighted by Gasteiger charge is -1.99. The van der Waals surface area contributed by atoms with Crippen molar-refractivity contribution in [3.63, 3.8) is 0 Å². The first-order valence-corrected chi connectivity index (χ1v) is 7.21. The summed E-state index contributed by atoms with van der Waals surface area (Å²) in [6.45, 7) is 2.06. The Kier molecular flexibility index (Phi) is 3.73. The quantitative estimate of drug-likeness (QED) is 0.781. The smallest absolute Gasteiger partial charge is 0.275 e. The number of aromatic nitrogens is 2. The van der Waals surface area contributed by atoms with Gasteiger partial charge in [-0.05, 0) is 24.1 Å². The Morgan fingerprint density at radius 3 is 2.19 bits per heavy atom. The number of para-hydroxylation sites is 1. The first kappa shape index (κ1) is 13.4. The number of hydrogen-bond acceptors (Lipinski definition) is 1. The van der Waals surface area contributed by atoms with Gasteiger partial charge in [0, 0.05) is 17.7 Å². The molecule has 3 aromatic rings. The Hall–Kier alpha value is -2.55. The number of nitrogens with zero attached hydrogens (tertiary/aromatic N) is 1. The zero-order valence-corrected chi connectivity index (χ0v) is 12.0. The van der Waals surface area contributed by atoms with Crippen molar-refractivity contribution < 1.29 is 0 Å². The van der Waals surface area contributed by atoms with Crippen LogP contribution in [0.1, 0.15) is 23.7 Å². The second-order valence-electron chi connectivity index (χ2n) is 5.06. The van der Waals surface area contributed by atoms with Crippen LogP contribution in [-0.2, 0) is 12.8 Å². The minimum Gasteiger partial charge on any atom is -0.295 e. The van der Waals surface area contributed by atoms with Crippen molar-refractivity contribution in [3.05, 3.63) is 87.8 Å². The first-order chi connectivity index (χ1) is 10.3. The van der Waals surface area contributed by atoms with Gasteiger partial charge in [0.25, 0.3) is 5.56 Å². The van der Waals surface area contributed by atoms with E-state index in [4.69, 9.17) is 0 Å². The van der Waals surface area contributed by atoms with Gasteiger partial charge in [0.05, 0.1) is 5.69 Å². The minimum atomic E-state index is 0.0434. The Morgan fingerprint density at radius 1 is 0.952 bits per heavy atom. The van der Waals surface area contributed by atoms with Gasteiger partial charge in [-0.15, -0.1) is 0 Å². The van der Waals surface area contributed by atoms with Crippen molar-refractivity contribution in [2.24, 2.45) is 0 Å². The molecule has 0 radical (unpaired) electrons. The fourth-order valence-corrected chi connectivity index (χ4v) is 2.55. The molecule has 0 atom stereocenters. The monoisotopic (exact) mass is 278 g/mol. The summed E-state index contributed by atoms with van der Waals surface area (Å²) in [6.07, 6.45) is 1.48. The molecule has 0 saturated carbocycles. The zero-order valence-electron chi connectivity index (χ0n) is 12.0. The van der Waals surface area contributed by atoms with Crippen LogP contribution in [0.2, 0.25) is 0 Å². The molecular weight excluding hydrogens is 260 g/mol. The second kappa shape index (κ2) is 5.83. The van der Waals surface area contributed by atoms with Crippen molar-refractivity contribution in [1.29, 1.82) is 0 Å². The Morgan fingerprint density at radius 2 is 1.57 bits per heavy atom. The Bertz CT molecular complexity index is 770. The highest BCUT2D eigenvalue weighted by Crippen LogP contribution is 2.12. The van der Waals surface area contributed by atoms with E-state index in [-0.39, 0.29) is 5.56 Å². The zero-order chi connectivity index (χ0) is 14.7. The summed E-state index contributed by atoms with van der Waals surface area (Å²) in [5.41, 5.74) is 3.93. The van der Waals surface area contributed by atoms with Crippen LogP contribution in [0.25, 0.3) is 5.69 Å². The maximum atomic E-state index is 12.7. The molecule has 0 bridgehead atoms. The highest BCUT2D eigenvalue weighted by molar-refractivity contribution is 5.35. The number of aromatic amines is 1. The van der Waals surface area contributed by atoms with Crippen molar-refractivity contribution in [2.75, 3.05) is 0 Å². The molecule has 1 heterocycles. The van der Waals surface area contributed by atoms with E-state index in [1.807, 2.05) is 48.5 Å². The van der Waals surface area contributed by atoms with Crippen molar-refractivity contribution in [3.8, 4) is 5.69 Å². The van der Waals surface area contributed by atoms with Crippen LogP contribution < -0.4 is 5.56 Å². The lowest BCUT2D eigenvalue weighted by Crippen LogP contribution is -2.17. The topological polar surface area (TPSA) is 37.8 Å². The molecule has 0 aliphatic heterocycles. The number of nitrogens with one attached hydrogen (secondary N) is 1. The molecule has 3 heteroatoms. The fraction of sp³-hybridized carbons (Fsp3) is 0.167. The highest BCUT2D eigenvalue weighted by atomic mass is 16.1. The summed E-state index contributed by atoms with van der Waals surface area (Å²) >= 11 is 0. The van der Waals surface area contributed by atoms with Crippen LogP contribution in [0, 0.1) is 0 Å². The molecule has 0 aliphatic rings. The van der Waals surface area contributed by atoms with Crippen LogP contribution in [0.5, 0.6) is 0 Å². The molecule has 1 aromatic heterocycles. The van der Waals surface area contributed by atoms with Crippen LogP contribution in [0.15, 0.2) is 65.5 Å². The van der Waals surface area contributed by atoms with Gasteiger partial charge in [-0.1, -0.05) is 55.5 Å². The average molecular weight is 278 g/mol. The van der Waals surface area contributed by atoms with E-state index >= 15 is 0 Å². The van der Waals surface area contributed by atoms with Gasteiger partial charge in [-0.2, -0.15) is 0 Å². The molecule has 3 nitrogen and oxygen atoms in total. The van der Waals surface area contributed by atoms with E-state index in [0.717, 1.165) is 28.9 Å². The molecule has 106 valence electrons. The van der Waals surface area contributed by atoms with Gasteiger partial charge in [-0.25, -0.2) is 4.68 Å². The Labute approximate surface area is 123 Å². The minimum absolute atomic E-state index is 0.0434. The molecule has 0 unspecified atom stereocenters. The predicted molar refractivity (Wildman–Crippen MR) is 85.0 cm³/mol. The number of H-pyrrole nitrogens is 1. The van der Waals surface area contributed by atoms with E-state index in [1.165, 1.54) is 0 Å². The average Bonchev–Trinajstić information content (AvgIpc) is 2.86. The van der Waals surface area contributed by atoms with Gasteiger partial charge in [0.2, 0.25) is 0 Å². The maximum Gasteiger partial charge on any atom is 0.275 e. The molecule has 21 heavy (non-hydrogen) atoms. The summed E-state index contributed by atoms with van der Waals surface area (Å²) in [6, 6.07) is 19.8. The summed E-state index contributed by atoms with van der Waals surface area (Å²) < 4.78 is 1.64. The van der Waals surface area contributed by atoms with Crippen LogP contribution in [-0.4, -0.2) is 9.78 Å². The standard InChI is InChI=1S/C18H18N2O/c1-2-17-16(13-14-9-5-3-6-10-14)18(21)20(19-17)15-11-7-4-8-12-15/h3-12,19H,2,13H2,1H3. The predicted octanol–water partition coefficient (Wildman–Crippen LogP) is 3.32. The summed E-state index contributed by atoms with van der Waals surface area (Å²) in [4.78, 5) is 12.7. The fourth-order valence-electron chi connectivity index (χ4n) is 2.55. The van der Waals surface area contributed by atoms with E-state index in [1.54, 1.807) is 4.68 Å². The molecule has 0 saturated heterocycles. The SMILES string of the molecule is CCc1[nH]n(-c2ccccc2)c(=O)c1Cc1ccccc1. The Balaban J connectivity index is 2.05. The van der Waals surface area contributed by atoms with E-state index in [9.17, 15) is 4.79 Å².